The number of benzene rings is 2. The molecule has 7 heteroatoms. The number of aliphatic hydroxyl groups is 1. The number of aryl methyl sites for hydroxylation is 1. The van der Waals surface area contributed by atoms with Gasteiger partial charge in [-0.2, -0.15) is 0 Å². The highest BCUT2D eigenvalue weighted by Crippen LogP contribution is 2.38. The summed E-state index contributed by atoms with van der Waals surface area (Å²) in [5, 5.41) is 14.7. The summed E-state index contributed by atoms with van der Waals surface area (Å²) in [6.45, 7) is 1.09. The number of amides is 3. The molecule has 4 rings (SSSR count). The number of hydrogen-bond acceptors (Lipinski definition) is 4. The summed E-state index contributed by atoms with van der Waals surface area (Å²) in [4.78, 5) is 38.5. The Hall–Kier alpha value is -3.19. The Balaban J connectivity index is 1.33. The van der Waals surface area contributed by atoms with Gasteiger partial charge in [-0.15, -0.1) is 0 Å². The molecule has 0 aliphatic carbocycles. The predicted molar refractivity (Wildman–Crippen MR) is 118 cm³/mol. The van der Waals surface area contributed by atoms with E-state index in [1.54, 1.807) is 0 Å². The third-order valence-corrected chi connectivity index (χ3v) is 6.04. The van der Waals surface area contributed by atoms with E-state index in [0.717, 1.165) is 28.8 Å². The normalized spacial score (nSPS) is 15.4. The van der Waals surface area contributed by atoms with E-state index in [2.05, 4.69) is 10.6 Å². The second-order valence-corrected chi connectivity index (χ2v) is 8.06. The number of rotatable bonds is 7. The Labute approximate surface area is 181 Å². The Morgan fingerprint density at radius 2 is 1.74 bits per heavy atom. The van der Waals surface area contributed by atoms with Gasteiger partial charge in [0.1, 0.15) is 0 Å². The predicted octanol–water partition coefficient (Wildman–Crippen LogP) is 2.13. The molecule has 1 unspecified atom stereocenters. The van der Waals surface area contributed by atoms with Crippen LogP contribution in [0.1, 0.15) is 41.9 Å². The van der Waals surface area contributed by atoms with Gasteiger partial charge in [-0.3, -0.25) is 14.4 Å². The number of carbonyl (C=O) groups is 3. The maximum atomic E-state index is 12.4. The first-order chi connectivity index (χ1) is 15.1. The van der Waals surface area contributed by atoms with Gasteiger partial charge in [0.2, 0.25) is 5.91 Å². The van der Waals surface area contributed by atoms with Crippen molar-refractivity contribution in [2.24, 2.45) is 0 Å². The van der Waals surface area contributed by atoms with Gasteiger partial charge in [0, 0.05) is 31.8 Å². The van der Waals surface area contributed by atoms with Crippen LogP contribution in [-0.2, 0) is 27.2 Å². The number of carbonyl (C=O) groups excluding carboxylic acids is 3. The van der Waals surface area contributed by atoms with Crippen molar-refractivity contribution in [1.29, 1.82) is 0 Å². The molecule has 1 atom stereocenters. The van der Waals surface area contributed by atoms with E-state index in [4.69, 9.17) is 0 Å². The highest BCUT2D eigenvalue weighted by atomic mass is 16.3. The van der Waals surface area contributed by atoms with Crippen LogP contribution in [0.5, 0.6) is 0 Å². The average Bonchev–Trinajstić information content (AvgIpc) is 3.21. The molecule has 162 valence electrons. The fourth-order valence-electron chi connectivity index (χ4n) is 4.52. The summed E-state index contributed by atoms with van der Waals surface area (Å²) in [5.74, 6) is -1.11. The quantitative estimate of drug-likeness (QED) is 0.597. The number of hydrogen-bond donors (Lipinski definition) is 3. The molecule has 2 aliphatic heterocycles. The molecule has 0 spiro atoms. The van der Waals surface area contributed by atoms with Crippen molar-refractivity contribution in [1.82, 2.24) is 5.32 Å². The second-order valence-electron chi connectivity index (χ2n) is 8.06. The van der Waals surface area contributed by atoms with Gasteiger partial charge < -0.3 is 20.6 Å². The molecule has 2 aromatic rings. The molecule has 0 radical (unpaired) electrons. The maximum Gasteiger partial charge on any atom is 0.313 e. The molecule has 2 aliphatic rings. The van der Waals surface area contributed by atoms with Crippen LogP contribution in [-0.4, -0.2) is 42.5 Å². The Kier molecular flexibility index (Phi) is 6.32. The van der Waals surface area contributed by atoms with E-state index in [1.165, 1.54) is 0 Å². The summed E-state index contributed by atoms with van der Waals surface area (Å²) in [6.07, 6.45) is 3.12. The van der Waals surface area contributed by atoms with Crippen LogP contribution < -0.4 is 15.5 Å². The molecule has 3 N–H and O–H groups in total. The van der Waals surface area contributed by atoms with Gasteiger partial charge in [-0.25, -0.2) is 0 Å². The van der Waals surface area contributed by atoms with E-state index >= 15 is 0 Å². The van der Waals surface area contributed by atoms with Crippen LogP contribution >= 0.6 is 0 Å². The SMILES string of the molecule is O=C(NCCC(CCO)c1ccccc1)C(=O)Nc1cc2c3c(c1)CCN3C(=O)CC2. The fraction of sp³-hybridized carbons (Fsp3) is 0.375. The van der Waals surface area contributed by atoms with E-state index in [9.17, 15) is 19.5 Å². The molecule has 0 saturated heterocycles. The van der Waals surface area contributed by atoms with Crippen molar-refractivity contribution in [2.75, 3.05) is 29.9 Å². The van der Waals surface area contributed by atoms with Crippen molar-refractivity contribution in [3.8, 4) is 0 Å². The zero-order valence-corrected chi connectivity index (χ0v) is 17.4. The molecular formula is C24H27N3O4. The van der Waals surface area contributed by atoms with E-state index in [-0.39, 0.29) is 18.4 Å². The molecule has 31 heavy (non-hydrogen) atoms. The molecular weight excluding hydrogens is 394 g/mol. The minimum Gasteiger partial charge on any atom is -0.396 e. The first-order valence-electron chi connectivity index (χ1n) is 10.8. The zero-order valence-electron chi connectivity index (χ0n) is 17.4. The minimum atomic E-state index is -0.702. The number of anilines is 2. The Morgan fingerprint density at radius 1 is 1.00 bits per heavy atom. The first-order valence-corrected chi connectivity index (χ1v) is 10.8. The van der Waals surface area contributed by atoms with Crippen molar-refractivity contribution < 1.29 is 19.5 Å². The number of nitrogens with zero attached hydrogens (tertiary/aromatic N) is 1. The monoisotopic (exact) mass is 421 g/mol. The first kappa shape index (κ1) is 21.1. The van der Waals surface area contributed by atoms with Gasteiger partial charge in [-0.05, 0) is 60.4 Å². The summed E-state index contributed by atoms with van der Waals surface area (Å²) in [7, 11) is 0. The highest BCUT2D eigenvalue weighted by molar-refractivity contribution is 6.39. The van der Waals surface area contributed by atoms with Crippen LogP contribution in [0.4, 0.5) is 11.4 Å². The third kappa shape index (κ3) is 4.61. The summed E-state index contributed by atoms with van der Waals surface area (Å²) in [6, 6.07) is 13.6. The second kappa shape index (κ2) is 9.31. The zero-order chi connectivity index (χ0) is 21.8. The van der Waals surface area contributed by atoms with Gasteiger partial charge in [-0.1, -0.05) is 30.3 Å². The lowest BCUT2D eigenvalue weighted by Crippen LogP contribution is -2.36. The number of nitrogens with one attached hydrogen (secondary N) is 2. The lowest BCUT2D eigenvalue weighted by molar-refractivity contribution is -0.136. The van der Waals surface area contributed by atoms with Crippen LogP contribution in [0, 0.1) is 0 Å². The third-order valence-electron chi connectivity index (χ3n) is 6.04. The van der Waals surface area contributed by atoms with Gasteiger partial charge in [0.25, 0.3) is 0 Å². The molecule has 0 saturated carbocycles. The largest absolute Gasteiger partial charge is 0.396 e. The van der Waals surface area contributed by atoms with Crippen LogP contribution in [0.3, 0.4) is 0 Å². The summed E-state index contributed by atoms with van der Waals surface area (Å²) in [5.41, 5.74) is 4.76. The highest BCUT2D eigenvalue weighted by Gasteiger charge is 2.31. The Morgan fingerprint density at radius 3 is 2.48 bits per heavy atom. The molecule has 0 aromatic heterocycles. The van der Waals surface area contributed by atoms with Crippen molar-refractivity contribution in [3.05, 3.63) is 59.2 Å². The van der Waals surface area contributed by atoms with E-state index in [1.807, 2.05) is 47.4 Å². The molecule has 2 aromatic carbocycles. The van der Waals surface area contributed by atoms with E-state index in [0.29, 0.717) is 44.5 Å². The standard InChI is InChI=1S/C24H27N3O4/c28-13-10-17(16-4-2-1-3-5-16)8-11-25-23(30)24(31)26-20-14-18-6-7-21(29)27-12-9-19(15-20)22(18)27/h1-5,14-15,17,28H,6-13H2,(H,25,30)(H,26,31). The van der Waals surface area contributed by atoms with Crippen LogP contribution in [0.25, 0.3) is 0 Å². The molecule has 0 fully saturated rings. The van der Waals surface area contributed by atoms with Crippen molar-refractivity contribution in [3.63, 3.8) is 0 Å². The van der Waals surface area contributed by atoms with Crippen LogP contribution in [0.2, 0.25) is 0 Å². The van der Waals surface area contributed by atoms with Gasteiger partial charge in [0.05, 0.1) is 5.69 Å². The van der Waals surface area contributed by atoms with Crippen molar-refractivity contribution in [2.45, 2.75) is 38.0 Å². The maximum absolute atomic E-state index is 12.4. The summed E-state index contributed by atoms with van der Waals surface area (Å²) >= 11 is 0. The molecule has 0 bridgehead atoms. The lowest BCUT2D eigenvalue weighted by atomic mass is 9.93. The average molecular weight is 421 g/mol. The lowest BCUT2D eigenvalue weighted by Gasteiger charge is -2.25. The van der Waals surface area contributed by atoms with Gasteiger partial charge >= 0.3 is 11.8 Å². The number of aliphatic hydroxyl groups excluding tert-OH is 1. The smallest absolute Gasteiger partial charge is 0.313 e. The Bertz CT molecular complexity index is 990. The molecule has 7 nitrogen and oxygen atoms in total. The van der Waals surface area contributed by atoms with E-state index < -0.39 is 11.8 Å². The molecule has 2 heterocycles. The fourth-order valence-corrected chi connectivity index (χ4v) is 4.52. The topological polar surface area (TPSA) is 98.7 Å². The minimum absolute atomic E-state index is 0.0671. The van der Waals surface area contributed by atoms with Crippen molar-refractivity contribution >= 4 is 29.1 Å². The summed E-state index contributed by atoms with van der Waals surface area (Å²) < 4.78 is 0. The van der Waals surface area contributed by atoms with Gasteiger partial charge in [0.15, 0.2) is 0 Å². The van der Waals surface area contributed by atoms with Crippen LogP contribution in [0.15, 0.2) is 42.5 Å². The molecule has 3 amide bonds.